The molecule has 0 saturated carbocycles. The molecule has 2 aromatic heterocycles. The zero-order valence-corrected chi connectivity index (χ0v) is 21.2. The highest BCUT2D eigenvalue weighted by atomic mass is 19.2. The first kappa shape index (κ1) is 25.8. The van der Waals surface area contributed by atoms with E-state index in [-0.39, 0.29) is 24.9 Å². The molecule has 10 heteroatoms. The molecule has 1 aliphatic rings. The van der Waals surface area contributed by atoms with Gasteiger partial charge >= 0.3 is 11.8 Å². The molecule has 38 heavy (non-hydrogen) atoms. The molecular weight excluding hydrogens is 494 g/mol. The molecule has 0 spiro atoms. The Balaban J connectivity index is 1.59. The number of pyridine rings is 1. The van der Waals surface area contributed by atoms with Crippen molar-refractivity contribution in [1.82, 2.24) is 19.0 Å². The number of piperidine rings is 1. The third-order valence-electron chi connectivity index (χ3n) is 7.40. The van der Waals surface area contributed by atoms with Crippen LogP contribution in [0.4, 0.5) is 13.6 Å². The summed E-state index contributed by atoms with van der Waals surface area (Å²) in [6.07, 6.45) is 4.33. The summed E-state index contributed by atoms with van der Waals surface area (Å²) < 4.78 is 36.6. The number of unbranched alkanes of at least 4 members (excludes halogenated alkanes) is 1. The van der Waals surface area contributed by atoms with Crippen LogP contribution in [0.25, 0.3) is 21.8 Å². The number of rotatable bonds is 7. The third-order valence-corrected chi connectivity index (χ3v) is 7.40. The van der Waals surface area contributed by atoms with Crippen LogP contribution in [-0.4, -0.2) is 57.0 Å². The first-order valence-electron chi connectivity index (χ1n) is 12.8. The molecule has 1 fully saturated rings. The lowest BCUT2D eigenvalue weighted by Gasteiger charge is -2.31. The molecule has 0 atom stereocenters. The van der Waals surface area contributed by atoms with E-state index >= 15 is 0 Å². The van der Waals surface area contributed by atoms with Crippen molar-refractivity contribution < 1.29 is 23.4 Å². The maximum atomic E-state index is 14.4. The zero-order chi connectivity index (χ0) is 26.8. The van der Waals surface area contributed by atoms with Crippen molar-refractivity contribution in [3.05, 3.63) is 76.0 Å². The minimum Gasteiger partial charge on any atom is -0.453 e. The number of aliphatic hydroxyl groups excluding tert-OH is 1. The number of carbonyl (C=O) groups is 1. The minimum absolute atomic E-state index is 0.0834. The van der Waals surface area contributed by atoms with Crippen molar-refractivity contribution in [3.63, 3.8) is 0 Å². The number of methoxy groups -OCH3 is 1. The molecule has 8 nitrogen and oxygen atoms in total. The SMILES string of the molecule is COC(=O)N1CCC(n2c(=O)n(Cc3ncc4ccccc4c3CCCCO)c3cc(F)c(F)cc32)CC1. The average molecular weight is 525 g/mol. The van der Waals surface area contributed by atoms with Crippen molar-refractivity contribution >= 4 is 27.9 Å². The monoisotopic (exact) mass is 524 g/mol. The molecule has 0 radical (unpaired) electrons. The van der Waals surface area contributed by atoms with Gasteiger partial charge in [0.25, 0.3) is 0 Å². The number of carbonyl (C=O) groups excluding carboxylic acids is 1. The molecule has 1 saturated heterocycles. The molecular formula is C28H30F2N4O4. The lowest BCUT2D eigenvalue weighted by molar-refractivity contribution is 0.107. The highest BCUT2D eigenvalue weighted by Crippen LogP contribution is 2.29. The second-order valence-electron chi connectivity index (χ2n) is 9.63. The zero-order valence-electron chi connectivity index (χ0n) is 21.2. The molecule has 1 amide bonds. The summed E-state index contributed by atoms with van der Waals surface area (Å²) in [6, 6.07) is 9.71. The van der Waals surface area contributed by atoms with Gasteiger partial charge in [0.05, 0.1) is 30.4 Å². The summed E-state index contributed by atoms with van der Waals surface area (Å²) in [5, 5.41) is 11.3. The standard InChI is InChI=1S/C28H30F2N4O4/c1-38-28(37)32-11-9-19(10-12-32)34-26-15-23(30)22(29)14-25(26)33(27(34)36)17-24-21(8-4-5-13-35)20-7-3-2-6-18(20)16-31-24/h2-3,6-7,14-16,19,35H,4-5,8-13,17H2,1H3. The first-order chi connectivity index (χ1) is 18.4. The summed E-state index contributed by atoms with van der Waals surface area (Å²) in [6.45, 7) is 0.955. The second-order valence-corrected chi connectivity index (χ2v) is 9.63. The van der Waals surface area contributed by atoms with E-state index < -0.39 is 17.7 Å². The Morgan fingerprint density at radius 1 is 1.11 bits per heavy atom. The summed E-state index contributed by atoms with van der Waals surface area (Å²) in [5.74, 6) is -2.05. The van der Waals surface area contributed by atoms with Crippen LogP contribution in [0.15, 0.2) is 47.4 Å². The molecule has 2 aromatic carbocycles. The van der Waals surface area contributed by atoms with Crippen LogP contribution in [-0.2, 0) is 17.7 Å². The van der Waals surface area contributed by atoms with Crippen molar-refractivity contribution in [3.8, 4) is 0 Å². The van der Waals surface area contributed by atoms with Gasteiger partial charge in [0.2, 0.25) is 0 Å². The van der Waals surface area contributed by atoms with Crippen LogP contribution in [0.5, 0.6) is 0 Å². The highest BCUT2D eigenvalue weighted by molar-refractivity contribution is 5.85. The number of hydrogen-bond donors (Lipinski definition) is 1. The van der Waals surface area contributed by atoms with E-state index in [0.29, 0.717) is 55.5 Å². The molecule has 0 unspecified atom stereocenters. The van der Waals surface area contributed by atoms with Crippen LogP contribution in [0, 0.1) is 11.6 Å². The van der Waals surface area contributed by atoms with Gasteiger partial charge in [-0.15, -0.1) is 0 Å². The van der Waals surface area contributed by atoms with Crippen LogP contribution in [0.1, 0.15) is 43.0 Å². The van der Waals surface area contributed by atoms with Crippen molar-refractivity contribution in [1.29, 1.82) is 0 Å². The molecule has 1 aliphatic heterocycles. The van der Waals surface area contributed by atoms with Gasteiger partial charge in [-0.2, -0.15) is 0 Å². The third kappa shape index (κ3) is 4.76. The number of aromatic nitrogens is 3. The van der Waals surface area contributed by atoms with E-state index in [9.17, 15) is 23.5 Å². The van der Waals surface area contributed by atoms with Crippen molar-refractivity contribution in [2.45, 2.75) is 44.7 Å². The van der Waals surface area contributed by atoms with E-state index in [1.807, 2.05) is 24.3 Å². The van der Waals surface area contributed by atoms with Crippen LogP contribution >= 0.6 is 0 Å². The number of fused-ring (bicyclic) bond motifs is 2. The number of hydrogen-bond acceptors (Lipinski definition) is 5. The van der Waals surface area contributed by atoms with Gasteiger partial charge in [-0.3, -0.25) is 14.1 Å². The summed E-state index contributed by atoms with van der Waals surface area (Å²) >= 11 is 0. The Kier molecular flexibility index (Phi) is 7.42. The lowest BCUT2D eigenvalue weighted by Crippen LogP contribution is -2.41. The van der Waals surface area contributed by atoms with Crippen molar-refractivity contribution in [2.24, 2.45) is 0 Å². The molecule has 4 aromatic rings. The molecule has 1 N–H and O–H groups in total. The fourth-order valence-corrected chi connectivity index (χ4v) is 5.46. The van der Waals surface area contributed by atoms with Crippen molar-refractivity contribution in [2.75, 3.05) is 26.8 Å². The minimum atomic E-state index is -1.03. The number of amides is 1. The van der Waals surface area contributed by atoms with Crippen LogP contribution < -0.4 is 5.69 Å². The van der Waals surface area contributed by atoms with Gasteiger partial charge in [0, 0.05) is 49.5 Å². The smallest absolute Gasteiger partial charge is 0.409 e. The summed E-state index contributed by atoms with van der Waals surface area (Å²) in [7, 11) is 1.32. The number of likely N-dealkylation sites (tertiary alicyclic amines) is 1. The Bertz CT molecular complexity index is 1540. The summed E-state index contributed by atoms with van der Waals surface area (Å²) in [4.78, 5) is 32.0. The van der Waals surface area contributed by atoms with Crippen LogP contribution in [0.2, 0.25) is 0 Å². The second kappa shape index (κ2) is 10.9. The number of aryl methyl sites for hydroxylation is 1. The fourth-order valence-electron chi connectivity index (χ4n) is 5.46. The van der Waals surface area contributed by atoms with Gasteiger partial charge in [0.15, 0.2) is 11.6 Å². The van der Waals surface area contributed by atoms with E-state index in [2.05, 4.69) is 4.98 Å². The van der Waals surface area contributed by atoms with Gasteiger partial charge < -0.3 is 14.7 Å². The number of aliphatic hydroxyl groups is 1. The normalized spacial score (nSPS) is 14.5. The van der Waals surface area contributed by atoms with E-state index in [1.54, 1.807) is 11.1 Å². The lowest BCUT2D eigenvalue weighted by atomic mass is 9.99. The predicted molar refractivity (Wildman–Crippen MR) is 139 cm³/mol. The van der Waals surface area contributed by atoms with E-state index in [1.165, 1.54) is 16.2 Å². The Hall–Kier alpha value is -3.79. The van der Waals surface area contributed by atoms with Gasteiger partial charge in [-0.1, -0.05) is 24.3 Å². The first-order valence-corrected chi connectivity index (χ1v) is 12.8. The van der Waals surface area contributed by atoms with Gasteiger partial charge in [0.1, 0.15) is 0 Å². The van der Waals surface area contributed by atoms with Crippen LogP contribution in [0.3, 0.4) is 0 Å². The number of ether oxygens (including phenoxy) is 1. The molecule has 3 heterocycles. The number of halogens is 2. The van der Waals surface area contributed by atoms with E-state index in [0.717, 1.165) is 34.9 Å². The molecule has 0 aliphatic carbocycles. The largest absolute Gasteiger partial charge is 0.453 e. The molecule has 0 bridgehead atoms. The molecule has 5 rings (SSSR count). The maximum Gasteiger partial charge on any atom is 0.409 e. The van der Waals surface area contributed by atoms with Gasteiger partial charge in [-0.05, 0) is 43.1 Å². The van der Waals surface area contributed by atoms with E-state index in [4.69, 9.17) is 4.74 Å². The predicted octanol–water partition coefficient (Wildman–Crippen LogP) is 4.40. The Morgan fingerprint density at radius 3 is 2.53 bits per heavy atom. The Labute approximate surface area is 218 Å². The highest BCUT2D eigenvalue weighted by Gasteiger charge is 2.28. The number of nitrogens with zero attached hydrogens (tertiary/aromatic N) is 4. The maximum absolute atomic E-state index is 14.4. The number of imidazole rings is 1. The summed E-state index contributed by atoms with van der Waals surface area (Å²) in [5.41, 5.74) is 1.87. The average Bonchev–Trinajstić information content (AvgIpc) is 3.19. The number of benzene rings is 2. The molecule has 200 valence electrons. The Morgan fingerprint density at radius 2 is 1.82 bits per heavy atom. The van der Waals surface area contributed by atoms with Gasteiger partial charge in [-0.25, -0.2) is 18.4 Å². The topological polar surface area (TPSA) is 89.6 Å². The quantitative estimate of drug-likeness (QED) is 0.362. The fraction of sp³-hybridized carbons (Fsp3) is 0.393.